The Hall–Kier alpha value is -1.40. The molecule has 0 aliphatic heterocycles. The molecule has 0 amide bonds. The van der Waals surface area contributed by atoms with Crippen LogP contribution in [0.3, 0.4) is 0 Å². The normalized spacial score (nSPS) is 12.1. The SMILES string of the molecule is CCCOc1c[nH]c(CS(=O)Cc2ccc(Br)cc2)cc1=O. The molecular weight excluding hydrogens is 366 g/mol. The molecule has 2 aromatic rings. The van der Waals surface area contributed by atoms with Gasteiger partial charge in [-0.05, 0) is 24.1 Å². The fraction of sp³-hybridized carbons (Fsp3) is 0.312. The van der Waals surface area contributed by atoms with Crippen molar-refractivity contribution in [1.82, 2.24) is 4.98 Å². The fourth-order valence-electron chi connectivity index (χ4n) is 1.90. The summed E-state index contributed by atoms with van der Waals surface area (Å²) in [6, 6.07) is 9.19. The summed E-state index contributed by atoms with van der Waals surface area (Å²) in [7, 11) is -1.08. The molecule has 22 heavy (non-hydrogen) atoms. The zero-order chi connectivity index (χ0) is 15.9. The minimum atomic E-state index is -1.08. The molecule has 6 heteroatoms. The van der Waals surface area contributed by atoms with Gasteiger partial charge in [0.1, 0.15) is 0 Å². The molecule has 1 N–H and O–H groups in total. The third-order valence-electron chi connectivity index (χ3n) is 2.96. The summed E-state index contributed by atoms with van der Waals surface area (Å²) in [5.74, 6) is 1.09. The van der Waals surface area contributed by atoms with Gasteiger partial charge in [-0.25, -0.2) is 0 Å². The molecule has 2 rings (SSSR count). The highest BCUT2D eigenvalue weighted by Gasteiger charge is 2.07. The summed E-state index contributed by atoms with van der Waals surface area (Å²) < 4.78 is 18.5. The number of H-pyrrole nitrogens is 1. The largest absolute Gasteiger partial charge is 0.488 e. The number of rotatable bonds is 7. The van der Waals surface area contributed by atoms with Crippen molar-refractivity contribution in [3.8, 4) is 5.75 Å². The van der Waals surface area contributed by atoms with E-state index in [-0.39, 0.29) is 5.43 Å². The summed E-state index contributed by atoms with van der Waals surface area (Å²) >= 11 is 3.37. The first kappa shape index (κ1) is 17.0. The maximum atomic E-state index is 12.2. The molecule has 0 bridgehead atoms. The monoisotopic (exact) mass is 383 g/mol. The lowest BCUT2D eigenvalue weighted by atomic mass is 10.2. The lowest BCUT2D eigenvalue weighted by Gasteiger charge is -2.06. The first-order chi connectivity index (χ1) is 10.6. The molecule has 118 valence electrons. The topological polar surface area (TPSA) is 59.2 Å². The van der Waals surface area contributed by atoms with Crippen molar-refractivity contribution in [3.05, 3.63) is 62.5 Å². The number of benzene rings is 1. The van der Waals surface area contributed by atoms with E-state index in [4.69, 9.17) is 4.74 Å². The molecule has 4 nitrogen and oxygen atoms in total. The number of aromatic nitrogens is 1. The zero-order valence-electron chi connectivity index (χ0n) is 12.3. The van der Waals surface area contributed by atoms with Gasteiger partial charge < -0.3 is 9.72 Å². The van der Waals surface area contributed by atoms with Gasteiger partial charge >= 0.3 is 0 Å². The molecule has 0 spiro atoms. The molecule has 0 fully saturated rings. The third-order valence-corrected chi connectivity index (χ3v) is 4.77. The fourth-order valence-corrected chi connectivity index (χ4v) is 3.34. The summed E-state index contributed by atoms with van der Waals surface area (Å²) in [5.41, 5.74) is 1.49. The van der Waals surface area contributed by atoms with Gasteiger partial charge in [-0.2, -0.15) is 0 Å². The van der Waals surface area contributed by atoms with Crippen LogP contribution in [0, 0.1) is 0 Å². The second-order valence-corrected chi connectivity index (χ2v) is 7.26. The van der Waals surface area contributed by atoms with Crippen LogP contribution in [0.5, 0.6) is 5.75 Å². The number of ether oxygens (including phenoxy) is 1. The lowest BCUT2D eigenvalue weighted by molar-refractivity contribution is 0.313. The van der Waals surface area contributed by atoms with Gasteiger partial charge in [-0.3, -0.25) is 9.00 Å². The van der Waals surface area contributed by atoms with Gasteiger partial charge in [0.25, 0.3) is 0 Å². The Bertz CT molecular complexity index is 697. The van der Waals surface area contributed by atoms with E-state index in [1.165, 1.54) is 6.07 Å². The molecule has 1 heterocycles. The van der Waals surface area contributed by atoms with Crippen molar-refractivity contribution in [2.45, 2.75) is 24.9 Å². The molecule has 1 unspecified atom stereocenters. The average molecular weight is 384 g/mol. The molecule has 1 aromatic carbocycles. The molecule has 0 radical (unpaired) electrons. The number of halogens is 1. The first-order valence-electron chi connectivity index (χ1n) is 7.02. The smallest absolute Gasteiger partial charge is 0.223 e. The van der Waals surface area contributed by atoms with Crippen molar-refractivity contribution < 1.29 is 8.95 Å². The van der Waals surface area contributed by atoms with Gasteiger partial charge in [0.15, 0.2) is 5.75 Å². The van der Waals surface area contributed by atoms with Crippen molar-refractivity contribution in [2.24, 2.45) is 0 Å². The summed E-state index contributed by atoms with van der Waals surface area (Å²) in [4.78, 5) is 14.9. The van der Waals surface area contributed by atoms with Crippen LogP contribution >= 0.6 is 15.9 Å². The van der Waals surface area contributed by atoms with E-state index in [1.807, 2.05) is 31.2 Å². The van der Waals surface area contributed by atoms with Crippen LogP contribution in [0.4, 0.5) is 0 Å². The Morgan fingerprint density at radius 3 is 2.59 bits per heavy atom. The van der Waals surface area contributed by atoms with Crippen molar-refractivity contribution in [1.29, 1.82) is 0 Å². The van der Waals surface area contributed by atoms with E-state index in [1.54, 1.807) is 6.20 Å². The Labute approximate surface area is 140 Å². The lowest BCUT2D eigenvalue weighted by Crippen LogP contribution is -2.11. The Kier molecular flexibility index (Phi) is 6.39. The number of aromatic amines is 1. The van der Waals surface area contributed by atoms with Gasteiger partial charge in [0, 0.05) is 39.0 Å². The quantitative estimate of drug-likeness (QED) is 0.796. The highest BCUT2D eigenvalue weighted by molar-refractivity contribution is 9.10. The molecule has 0 saturated carbocycles. The Morgan fingerprint density at radius 1 is 1.23 bits per heavy atom. The standard InChI is InChI=1S/C16H18BrNO3S/c1-2-7-21-16-9-18-14(8-15(16)19)11-22(20)10-12-3-5-13(17)6-4-12/h3-6,8-9H,2,7,10-11H2,1H3,(H,18,19). The van der Waals surface area contributed by atoms with Crippen LogP contribution in [0.1, 0.15) is 24.6 Å². The van der Waals surface area contributed by atoms with Crippen molar-refractivity contribution >= 4 is 26.7 Å². The van der Waals surface area contributed by atoms with E-state index in [0.717, 1.165) is 16.5 Å². The molecule has 0 saturated heterocycles. The second kappa shape index (κ2) is 8.29. The summed E-state index contributed by atoms with van der Waals surface area (Å²) in [6.45, 7) is 2.49. The van der Waals surface area contributed by atoms with Gasteiger partial charge in [-0.15, -0.1) is 0 Å². The Balaban J connectivity index is 1.98. The predicted molar refractivity (Wildman–Crippen MR) is 92.5 cm³/mol. The number of hydrogen-bond acceptors (Lipinski definition) is 3. The van der Waals surface area contributed by atoms with Crippen LogP contribution in [0.2, 0.25) is 0 Å². The molecule has 0 aliphatic carbocycles. The molecule has 1 aromatic heterocycles. The van der Waals surface area contributed by atoms with Crippen molar-refractivity contribution in [3.63, 3.8) is 0 Å². The molecule has 0 aliphatic rings. The van der Waals surface area contributed by atoms with Crippen molar-refractivity contribution in [2.75, 3.05) is 6.61 Å². The first-order valence-corrected chi connectivity index (χ1v) is 9.30. The minimum Gasteiger partial charge on any atom is -0.488 e. The van der Waals surface area contributed by atoms with Crippen LogP contribution in [-0.2, 0) is 22.3 Å². The van der Waals surface area contributed by atoms with E-state index in [9.17, 15) is 9.00 Å². The predicted octanol–water partition coefficient (Wildman–Crippen LogP) is 3.38. The maximum Gasteiger partial charge on any atom is 0.223 e. The third kappa shape index (κ3) is 5.10. The minimum absolute atomic E-state index is 0.178. The van der Waals surface area contributed by atoms with E-state index in [2.05, 4.69) is 20.9 Å². The highest BCUT2D eigenvalue weighted by Crippen LogP contribution is 2.13. The van der Waals surface area contributed by atoms with E-state index >= 15 is 0 Å². The molecular formula is C16H18BrNO3S. The van der Waals surface area contributed by atoms with Gasteiger partial charge in [0.05, 0.1) is 12.4 Å². The van der Waals surface area contributed by atoms with E-state index in [0.29, 0.717) is 29.6 Å². The van der Waals surface area contributed by atoms with E-state index < -0.39 is 10.8 Å². The zero-order valence-corrected chi connectivity index (χ0v) is 14.7. The average Bonchev–Trinajstić information content (AvgIpc) is 2.49. The van der Waals surface area contributed by atoms with Gasteiger partial charge in [-0.1, -0.05) is 35.0 Å². The van der Waals surface area contributed by atoms with Crippen LogP contribution in [0.15, 0.2) is 45.8 Å². The maximum absolute atomic E-state index is 12.2. The van der Waals surface area contributed by atoms with Crippen LogP contribution in [-0.4, -0.2) is 15.8 Å². The molecule has 1 atom stereocenters. The highest BCUT2D eigenvalue weighted by atomic mass is 79.9. The Morgan fingerprint density at radius 2 is 1.95 bits per heavy atom. The second-order valence-electron chi connectivity index (χ2n) is 4.89. The van der Waals surface area contributed by atoms with Gasteiger partial charge in [0.2, 0.25) is 5.43 Å². The number of pyridine rings is 1. The van der Waals surface area contributed by atoms with Crippen LogP contribution < -0.4 is 10.2 Å². The number of nitrogens with one attached hydrogen (secondary N) is 1. The van der Waals surface area contributed by atoms with Crippen LogP contribution in [0.25, 0.3) is 0 Å². The number of hydrogen-bond donors (Lipinski definition) is 1. The summed E-state index contributed by atoms with van der Waals surface area (Å²) in [6.07, 6.45) is 2.39. The summed E-state index contributed by atoms with van der Waals surface area (Å²) in [5, 5.41) is 0.